The first-order chi connectivity index (χ1) is 14.9. The van der Waals surface area contributed by atoms with Crippen LogP contribution in [-0.2, 0) is 16.4 Å². The monoisotopic (exact) mass is 439 g/mol. The topological polar surface area (TPSA) is 103 Å². The van der Waals surface area contributed by atoms with E-state index >= 15 is 0 Å². The van der Waals surface area contributed by atoms with Crippen LogP contribution in [-0.4, -0.2) is 44.1 Å². The molecule has 0 unspecified atom stereocenters. The van der Waals surface area contributed by atoms with Gasteiger partial charge in [-0.25, -0.2) is 8.42 Å². The maximum atomic E-state index is 11.4. The number of nitrogens with one attached hydrogen (secondary N) is 3. The first-order valence-corrected chi connectivity index (χ1v) is 11.9. The zero-order valence-corrected chi connectivity index (χ0v) is 17.9. The lowest BCUT2D eigenvalue weighted by atomic mass is 10.1. The molecule has 4 rings (SSSR count). The average molecular weight is 440 g/mol. The normalized spacial score (nSPS) is 12.8. The number of aromatic nitrogens is 1. The standard InChI is InChI=1S/C23H25N3O4S/c1-31(28,29)26-17-6-4-5-16(13-17)14-23(27)24-11-12-30-18-9-10-20-19-7-2-3-8-21(19)25-22(20)15-18/h2-10,13,15,23-27H,11-12,14H2,1H3/t23-/m1/s1. The molecule has 7 nitrogen and oxygen atoms in total. The van der Waals surface area contributed by atoms with E-state index in [2.05, 4.69) is 21.1 Å². The SMILES string of the molecule is CS(=O)(=O)Nc1cccc(C[C@@H](O)NCCOc2ccc3c(c2)[nH]c2ccccc23)c1. The quantitative estimate of drug-likeness (QED) is 0.237. The van der Waals surface area contributed by atoms with Gasteiger partial charge in [0.1, 0.15) is 18.6 Å². The molecule has 0 aliphatic rings. The molecule has 3 aromatic carbocycles. The van der Waals surface area contributed by atoms with Crippen LogP contribution in [0.5, 0.6) is 5.75 Å². The van der Waals surface area contributed by atoms with Gasteiger partial charge in [-0.3, -0.25) is 10.0 Å². The predicted octanol–water partition coefficient (Wildman–Crippen LogP) is 3.22. The summed E-state index contributed by atoms with van der Waals surface area (Å²) >= 11 is 0. The Labute approximate surface area is 181 Å². The molecule has 0 aliphatic heterocycles. The van der Waals surface area contributed by atoms with E-state index in [4.69, 9.17) is 4.74 Å². The van der Waals surface area contributed by atoms with E-state index < -0.39 is 16.3 Å². The lowest BCUT2D eigenvalue weighted by molar-refractivity contribution is 0.130. The van der Waals surface area contributed by atoms with Crippen LogP contribution in [0.2, 0.25) is 0 Å². The number of ether oxygens (including phenoxy) is 1. The largest absolute Gasteiger partial charge is 0.492 e. The van der Waals surface area contributed by atoms with Crippen LogP contribution < -0.4 is 14.8 Å². The number of aliphatic hydroxyl groups excluding tert-OH is 1. The number of anilines is 1. The molecular formula is C23H25N3O4S. The lowest BCUT2D eigenvalue weighted by Crippen LogP contribution is -2.34. The van der Waals surface area contributed by atoms with E-state index in [1.54, 1.807) is 18.2 Å². The van der Waals surface area contributed by atoms with E-state index in [0.717, 1.165) is 34.0 Å². The van der Waals surface area contributed by atoms with Gasteiger partial charge in [-0.05, 0) is 35.9 Å². The molecule has 31 heavy (non-hydrogen) atoms. The molecule has 0 saturated carbocycles. The molecule has 1 atom stereocenters. The molecule has 0 aliphatic carbocycles. The number of rotatable bonds is 9. The minimum atomic E-state index is -3.33. The smallest absolute Gasteiger partial charge is 0.229 e. The number of H-pyrrole nitrogens is 1. The van der Waals surface area contributed by atoms with Crippen LogP contribution in [0.15, 0.2) is 66.7 Å². The van der Waals surface area contributed by atoms with Gasteiger partial charge in [0.25, 0.3) is 0 Å². The fraction of sp³-hybridized carbons (Fsp3) is 0.217. The van der Waals surface area contributed by atoms with E-state index in [0.29, 0.717) is 25.3 Å². The summed E-state index contributed by atoms with van der Waals surface area (Å²) < 4.78 is 31.0. The second kappa shape index (κ2) is 8.97. The number of sulfonamides is 1. The molecule has 0 saturated heterocycles. The summed E-state index contributed by atoms with van der Waals surface area (Å²) in [7, 11) is -3.33. The summed E-state index contributed by atoms with van der Waals surface area (Å²) in [5.74, 6) is 0.759. The van der Waals surface area contributed by atoms with Crippen molar-refractivity contribution in [3.05, 3.63) is 72.3 Å². The number of fused-ring (bicyclic) bond motifs is 3. The van der Waals surface area contributed by atoms with Gasteiger partial charge in [-0.15, -0.1) is 0 Å². The summed E-state index contributed by atoms with van der Waals surface area (Å²) in [6.45, 7) is 0.867. The molecule has 1 aromatic heterocycles. The highest BCUT2D eigenvalue weighted by molar-refractivity contribution is 7.92. The number of hydrogen-bond donors (Lipinski definition) is 4. The number of aliphatic hydroxyl groups is 1. The van der Waals surface area contributed by atoms with Crippen molar-refractivity contribution in [1.29, 1.82) is 0 Å². The van der Waals surface area contributed by atoms with Crippen molar-refractivity contribution >= 4 is 37.5 Å². The molecule has 0 fully saturated rings. The zero-order valence-electron chi connectivity index (χ0n) is 17.1. The Balaban J connectivity index is 1.28. The fourth-order valence-corrected chi connectivity index (χ4v) is 4.14. The van der Waals surface area contributed by atoms with Gasteiger partial charge in [0.2, 0.25) is 10.0 Å². The number of benzene rings is 3. The molecule has 4 aromatic rings. The van der Waals surface area contributed by atoms with Crippen LogP contribution in [0.1, 0.15) is 5.56 Å². The van der Waals surface area contributed by atoms with E-state index in [9.17, 15) is 13.5 Å². The van der Waals surface area contributed by atoms with Gasteiger partial charge in [0.05, 0.1) is 11.8 Å². The Morgan fingerprint density at radius 2 is 1.81 bits per heavy atom. The van der Waals surface area contributed by atoms with E-state index in [-0.39, 0.29) is 0 Å². The minimum absolute atomic E-state index is 0.348. The summed E-state index contributed by atoms with van der Waals surface area (Å²) in [4.78, 5) is 3.39. The summed E-state index contributed by atoms with van der Waals surface area (Å²) in [6.07, 6.45) is 0.681. The molecule has 0 spiro atoms. The Morgan fingerprint density at radius 1 is 1.00 bits per heavy atom. The summed E-state index contributed by atoms with van der Waals surface area (Å²) in [6, 6.07) is 21.1. The molecule has 4 N–H and O–H groups in total. The van der Waals surface area contributed by atoms with Gasteiger partial charge < -0.3 is 14.8 Å². The maximum Gasteiger partial charge on any atom is 0.229 e. The van der Waals surface area contributed by atoms with Crippen molar-refractivity contribution < 1.29 is 18.3 Å². The average Bonchev–Trinajstić information content (AvgIpc) is 3.08. The second-order valence-electron chi connectivity index (χ2n) is 7.48. The number of hydrogen-bond acceptors (Lipinski definition) is 5. The third-order valence-corrected chi connectivity index (χ3v) is 5.49. The Morgan fingerprint density at radius 3 is 2.65 bits per heavy atom. The van der Waals surface area contributed by atoms with Crippen LogP contribution in [0.3, 0.4) is 0 Å². The highest BCUT2D eigenvalue weighted by Crippen LogP contribution is 2.28. The van der Waals surface area contributed by atoms with E-state index in [1.807, 2.05) is 42.5 Å². The zero-order chi connectivity index (χ0) is 21.8. The van der Waals surface area contributed by atoms with Gasteiger partial charge in [-0.2, -0.15) is 0 Å². The van der Waals surface area contributed by atoms with Crippen LogP contribution in [0.25, 0.3) is 21.8 Å². The highest BCUT2D eigenvalue weighted by atomic mass is 32.2. The minimum Gasteiger partial charge on any atom is -0.492 e. The van der Waals surface area contributed by atoms with Crippen LogP contribution >= 0.6 is 0 Å². The Bertz CT molecular complexity index is 1300. The van der Waals surface area contributed by atoms with E-state index in [1.165, 1.54) is 5.39 Å². The van der Waals surface area contributed by atoms with Gasteiger partial charge in [0, 0.05) is 41.0 Å². The van der Waals surface area contributed by atoms with Gasteiger partial charge in [0.15, 0.2) is 0 Å². The third-order valence-electron chi connectivity index (χ3n) is 4.89. The fourth-order valence-electron chi connectivity index (χ4n) is 3.59. The summed E-state index contributed by atoms with van der Waals surface area (Å²) in [5.41, 5.74) is 3.41. The Hall–Kier alpha value is -3.07. The first kappa shape index (κ1) is 21.2. The number of para-hydroxylation sites is 1. The van der Waals surface area contributed by atoms with Crippen molar-refractivity contribution in [2.24, 2.45) is 0 Å². The summed E-state index contributed by atoms with van der Waals surface area (Å²) in [5, 5.41) is 15.6. The first-order valence-electron chi connectivity index (χ1n) is 9.99. The van der Waals surface area contributed by atoms with Crippen LogP contribution in [0.4, 0.5) is 5.69 Å². The van der Waals surface area contributed by atoms with Crippen molar-refractivity contribution in [2.75, 3.05) is 24.1 Å². The molecular weight excluding hydrogens is 414 g/mol. The Kier molecular flexibility index (Phi) is 6.13. The maximum absolute atomic E-state index is 11.4. The molecule has 0 bridgehead atoms. The van der Waals surface area contributed by atoms with Crippen molar-refractivity contribution in [1.82, 2.24) is 10.3 Å². The second-order valence-corrected chi connectivity index (χ2v) is 9.22. The molecule has 8 heteroatoms. The highest BCUT2D eigenvalue weighted by Gasteiger charge is 2.08. The molecule has 162 valence electrons. The van der Waals surface area contributed by atoms with Gasteiger partial charge >= 0.3 is 0 Å². The molecule has 0 radical (unpaired) electrons. The van der Waals surface area contributed by atoms with Crippen molar-refractivity contribution in [2.45, 2.75) is 12.6 Å². The van der Waals surface area contributed by atoms with Gasteiger partial charge in [-0.1, -0.05) is 30.3 Å². The van der Waals surface area contributed by atoms with Crippen molar-refractivity contribution in [3.63, 3.8) is 0 Å². The number of aromatic amines is 1. The third kappa shape index (κ3) is 5.55. The molecule has 1 heterocycles. The van der Waals surface area contributed by atoms with Crippen LogP contribution in [0, 0.1) is 0 Å². The lowest BCUT2D eigenvalue weighted by Gasteiger charge is -2.14. The predicted molar refractivity (Wildman–Crippen MR) is 124 cm³/mol. The molecule has 0 amide bonds. The van der Waals surface area contributed by atoms with Crippen molar-refractivity contribution in [3.8, 4) is 5.75 Å².